The Morgan fingerprint density at radius 3 is 2.10 bits per heavy atom. The van der Waals surface area contributed by atoms with Gasteiger partial charge in [-0.25, -0.2) is 27.5 Å². The maximum atomic E-state index is 13.8. The van der Waals surface area contributed by atoms with E-state index < -0.39 is 46.8 Å². The third-order valence-electron chi connectivity index (χ3n) is 5.16. The molecule has 1 amide bonds. The van der Waals surface area contributed by atoms with Gasteiger partial charge in [-0.3, -0.25) is 4.79 Å². The molecule has 0 radical (unpaired) electrons. The molecule has 3 rings (SSSR count). The zero-order valence-electron chi connectivity index (χ0n) is 15.0. The van der Waals surface area contributed by atoms with Crippen LogP contribution in [0.5, 0.6) is 0 Å². The second kappa shape index (κ2) is 8.07. The summed E-state index contributed by atoms with van der Waals surface area (Å²) in [6, 6.07) is 8.10. The second-order valence-corrected chi connectivity index (χ2v) is 8.29. The number of aromatic nitrogens is 2. The molecule has 1 aromatic carbocycles. The first-order valence-corrected chi connectivity index (χ1v) is 9.56. The summed E-state index contributed by atoms with van der Waals surface area (Å²) in [5.74, 6) is -4.22. The van der Waals surface area contributed by atoms with Crippen LogP contribution < -0.4 is 5.32 Å². The van der Waals surface area contributed by atoms with Crippen molar-refractivity contribution in [2.24, 2.45) is 0 Å². The van der Waals surface area contributed by atoms with Gasteiger partial charge in [0.1, 0.15) is 0 Å². The topological polar surface area (TPSA) is 54.9 Å². The first kappa shape index (κ1) is 21.8. The predicted octanol–water partition coefficient (Wildman–Crippen LogP) is 5.42. The van der Waals surface area contributed by atoms with Gasteiger partial charge in [-0.05, 0) is 30.5 Å². The zero-order valence-corrected chi connectivity index (χ0v) is 16.5. The van der Waals surface area contributed by atoms with E-state index in [4.69, 9.17) is 23.2 Å². The molecule has 0 saturated heterocycles. The van der Waals surface area contributed by atoms with E-state index in [1.807, 2.05) is 0 Å². The maximum Gasteiger partial charge on any atom is 0.297 e. The summed E-state index contributed by atoms with van der Waals surface area (Å²) in [7, 11) is 0. The fourth-order valence-electron chi connectivity index (χ4n) is 3.45. The highest BCUT2D eigenvalue weighted by molar-refractivity contribution is 6.50. The molecule has 29 heavy (non-hydrogen) atoms. The number of nitrogens with zero attached hydrogens (tertiary/aromatic N) is 2. The van der Waals surface area contributed by atoms with E-state index in [1.54, 1.807) is 30.3 Å². The molecule has 0 bridgehead atoms. The van der Waals surface area contributed by atoms with E-state index in [-0.39, 0.29) is 24.0 Å². The van der Waals surface area contributed by atoms with Crippen molar-refractivity contribution in [1.29, 1.82) is 0 Å². The summed E-state index contributed by atoms with van der Waals surface area (Å²) >= 11 is 13.1. The van der Waals surface area contributed by atoms with Crippen LogP contribution in [0.25, 0.3) is 0 Å². The fourth-order valence-corrected chi connectivity index (χ4v) is 4.22. The Kier molecular flexibility index (Phi) is 6.06. The predicted molar refractivity (Wildman–Crippen MR) is 100 cm³/mol. The lowest BCUT2D eigenvalue weighted by Gasteiger charge is -2.47. The normalized spacial score (nSPS) is 18.4. The van der Waals surface area contributed by atoms with Gasteiger partial charge in [-0.15, -0.1) is 0 Å². The van der Waals surface area contributed by atoms with E-state index in [1.165, 1.54) is 0 Å². The minimum atomic E-state index is -2.92. The Bertz CT molecular complexity index is 854. The number of alkyl halides is 6. The van der Waals surface area contributed by atoms with E-state index in [9.17, 15) is 22.4 Å². The van der Waals surface area contributed by atoms with Crippen molar-refractivity contribution in [2.75, 3.05) is 0 Å². The van der Waals surface area contributed by atoms with Crippen LogP contribution in [0.4, 0.5) is 17.6 Å². The van der Waals surface area contributed by atoms with Crippen LogP contribution >= 0.6 is 23.2 Å². The van der Waals surface area contributed by atoms with Crippen molar-refractivity contribution in [1.82, 2.24) is 15.3 Å². The Hall–Kier alpha value is -1.93. The van der Waals surface area contributed by atoms with Crippen LogP contribution in [0.2, 0.25) is 0 Å². The summed E-state index contributed by atoms with van der Waals surface area (Å²) in [6.45, 7) is 0. The Labute approximate surface area is 174 Å². The smallest absolute Gasteiger partial charge is 0.297 e. The molecular formula is C19H17Cl2F4N3O. The molecule has 1 heterocycles. The Balaban J connectivity index is 1.97. The molecule has 4 nitrogen and oxygen atoms in total. The highest BCUT2D eigenvalue weighted by Gasteiger charge is 2.56. The molecular weight excluding hydrogens is 433 g/mol. The quantitative estimate of drug-likeness (QED) is 0.376. The summed E-state index contributed by atoms with van der Waals surface area (Å²) in [4.78, 5) is 19.8. The molecule has 0 unspecified atom stereocenters. The second-order valence-electron chi connectivity index (χ2n) is 6.96. The molecule has 2 aromatic rings. The van der Waals surface area contributed by atoms with Crippen molar-refractivity contribution in [3.8, 4) is 0 Å². The zero-order chi connectivity index (χ0) is 21.3. The van der Waals surface area contributed by atoms with Gasteiger partial charge in [-0.1, -0.05) is 41.4 Å². The van der Waals surface area contributed by atoms with Crippen LogP contribution in [0.1, 0.15) is 53.9 Å². The van der Waals surface area contributed by atoms with Crippen molar-refractivity contribution >= 4 is 29.1 Å². The Morgan fingerprint density at radius 2 is 1.59 bits per heavy atom. The lowest BCUT2D eigenvalue weighted by molar-refractivity contribution is -0.0553. The molecule has 0 atom stereocenters. The molecule has 10 heteroatoms. The number of amides is 1. The number of hydrogen-bond acceptors (Lipinski definition) is 3. The number of carbonyl (C=O) groups is 1. The third kappa shape index (κ3) is 4.48. The maximum absolute atomic E-state index is 13.8. The number of halogens is 6. The number of benzene rings is 1. The van der Waals surface area contributed by atoms with Gasteiger partial charge in [0.05, 0.1) is 5.41 Å². The molecule has 1 N–H and O–H groups in total. The highest BCUT2D eigenvalue weighted by Crippen LogP contribution is 2.54. The van der Waals surface area contributed by atoms with E-state index in [0.29, 0.717) is 0 Å². The van der Waals surface area contributed by atoms with Gasteiger partial charge in [0.25, 0.3) is 12.3 Å². The van der Waals surface area contributed by atoms with Gasteiger partial charge < -0.3 is 5.32 Å². The van der Waals surface area contributed by atoms with Crippen LogP contribution in [0, 0.1) is 0 Å². The minimum absolute atomic E-state index is 0.195. The number of rotatable bonds is 5. The van der Waals surface area contributed by atoms with Crippen molar-refractivity contribution in [2.45, 2.75) is 47.9 Å². The molecule has 1 saturated carbocycles. The first-order chi connectivity index (χ1) is 13.6. The molecule has 1 aromatic heterocycles. The highest BCUT2D eigenvalue weighted by atomic mass is 35.5. The van der Waals surface area contributed by atoms with Crippen molar-refractivity contribution in [3.63, 3.8) is 0 Å². The van der Waals surface area contributed by atoms with Gasteiger partial charge in [0.15, 0.2) is 10.3 Å². The lowest BCUT2D eigenvalue weighted by atomic mass is 9.68. The number of hydrogen-bond donors (Lipinski definition) is 1. The molecule has 1 fully saturated rings. The monoisotopic (exact) mass is 449 g/mol. The first-order valence-electron chi connectivity index (χ1n) is 8.80. The SMILES string of the molecule is O=C(NC(Cl)(Cl)C1(c2cnc(C(F)F)nc2)CCC(F)(F)CC1)c1ccccc1. The average molecular weight is 450 g/mol. The van der Waals surface area contributed by atoms with Gasteiger partial charge >= 0.3 is 0 Å². The third-order valence-corrected chi connectivity index (χ3v) is 6.07. The van der Waals surface area contributed by atoms with Crippen LogP contribution in [0.15, 0.2) is 42.7 Å². The van der Waals surface area contributed by atoms with Crippen LogP contribution in [0.3, 0.4) is 0 Å². The van der Waals surface area contributed by atoms with Crippen LogP contribution in [-0.2, 0) is 5.41 Å². The van der Waals surface area contributed by atoms with E-state index in [0.717, 1.165) is 12.4 Å². The average Bonchev–Trinajstić information content (AvgIpc) is 2.68. The summed E-state index contributed by atoms with van der Waals surface area (Å²) in [6.07, 6.45) is -2.14. The molecule has 0 aliphatic heterocycles. The van der Waals surface area contributed by atoms with Gasteiger partial charge in [0, 0.05) is 30.8 Å². The standard InChI is InChI=1S/C19H17Cl2F4N3O/c20-19(21,28-16(29)12-4-2-1-3-5-12)17(6-8-18(24,25)9-7-17)13-10-26-15(14(22)23)27-11-13/h1-5,10-11,14H,6-9H2,(H,28,29). The molecule has 156 valence electrons. The molecule has 0 spiro atoms. The summed E-state index contributed by atoms with van der Waals surface area (Å²) < 4.78 is 51.3. The fraction of sp³-hybridized carbons (Fsp3) is 0.421. The molecule has 1 aliphatic carbocycles. The number of nitrogens with one attached hydrogen (secondary N) is 1. The van der Waals surface area contributed by atoms with E-state index in [2.05, 4.69) is 15.3 Å². The summed E-state index contributed by atoms with van der Waals surface area (Å²) in [5, 5.41) is 2.49. The Morgan fingerprint density at radius 1 is 1.03 bits per heavy atom. The van der Waals surface area contributed by atoms with Crippen molar-refractivity contribution < 1.29 is 22.4 Å². The van der Waals surface area contributed by atoms with Gasteiger partial charge in [-0.2, -0.15) is 0 Å². The molecule has 1 aliphatic rings. The minimum Gasteiger partial charge on any atom is -0.320 e. The lowest BCUT2D eigenvalue weighted by Crippen LogP contribution is -2.57. The van der Waals surface area contributed by atoms with E-state index >= 15 is 0 Å². The largest absolute Gasteiger partial charge is 0.320 e. The summed E-state index contributed by atoms with van der Waals surface area (Å²) in [5.41, 5.74) is -0.905. The van der Waals surface area contributed by atoms with Crippen molar-refractivity contribution in [3.05, 3.63) is 59.7 Å². The van der Waals surface area contributed by atoms with Gasteiger partial charge in [0.2, 0.25) is 5.92 Å². The number of carbonyl (C=O) groups excluding carboxylic acids is 1. The van der Waals surface area contributed by atoms with Crippen LogP contribution in [-0.4, -0.2) is 26.3 Å².